The second-order valence-corrected chi connectivity index (χ2v) is 5.22. The Labute approximate surface area is 117 Å². The van der Waals surface area contributed by atoms with Crippen LogP contribution in [0.4, 0.5) is 5.69 Å². The van der Waals surface area contributed by atoms with Crippen molar-refractivity contribution in [2.45, 2.75) is 0 Å². The zero-order valence-electron chi connectivity index (χ0n) is 9.24. The molecule has 0 atom stereocenters. The van der Waals surface area contributed by atoms with Gasteiger partial charge < -0.3 is 10.7 Å². The molecule has 0 saturated carbocycles. The summed E-state index contributed by atoms with van der Waals surface area (Å²) in [6.45, 7) is 0. The molecule has 3 N–H and O–H groups in total. The Bertz CT molecular complexity index is 736. The predicted octanol–water partition coefficient (Wildman–Crippen LogP) is 4.23. The van der Waals surface area contributed by atoms with Crippen molar-refractivity contribution in [3.05, 3.63) is 45.9 Å². The molecule has 5 heteroatoms. The minimum atomic E-state index is 0.654. The monoisotopic (exact) mass is 321 g/mol. The average Bonchev–Trinajstić information content (AvgIpc) is 2.78. The number of halogens is 2. The number of nitrogens with two attached hydrogens (primary N) is 1. The summed E-state index contributed by atoms with van der Waals surface area (Å²) in [5.74, 6) is 0.761. The first kappa shape index (κ1) is 11.6. The van der Waals surface area contributed by atoms with Crippen molar-refractivity contribution in [1.82, 2.24) is 9.97 Å². The average molecular weight is 323 g/mol. The predicted molar refractivity (Wildman–Crippen MR) is 78.7 cm³/mol. The quantitative estimate of drug-likeness (QED) is 0.659. The molecule has 0 amide bonds. The van der Waals surface area contributed by atoms with Gasteiger partial charge in [0.05, 0.1) is 16.2 Å². The smallest absolute Gasteiger partial charge is 0.138 e. The van der Waals surface area contributed by atoms with E-state index in [1.54, 1.807) is 0 Å². The lowest BCUT2D eigenvalue weighted by atomic mass is 10.2. The first-order chi connectivity index (χ1) is 8.65. The zero-order valence-corrected chi connectivity index (χ0v) is 11.6. The van der Waals surface area contributed by atoms with Crippen molar-refractivity contribution in [3.63, 3.8) is 0 Å². The first-order valence-electron chi connectivity index (χ1n) is 5.35. The van der Waals surface area contributed by atoms with Crippen molar-refractivity contribution in [2.75, 3.05) is 5.73 Å². The summed E-state index contributed by atoms with van der Waals surface area (Å²) in [4.78, 5) is 7.73. The number of nitrogen functional groups attached to an aromatic ring is 1. The van der Waals surface area contributed by atoms with E-state index in [1.165, 1.54) is 0 Å². The van der Waals surface area contributed by atoms with Crippen LogP contribution in [0.1, 0.15) is 0 Å². The van der Waals surface area contributed by atoms with Crippen LogP contribution in [0, 0.1) is 0 Å². The molecule has 0 fully saturated rings. The van der Waals surface area contributed by atoms with Gasteiger partial charge >= 0.3 is 0 Å². The van der Waals surface area contributed by atoms with Crippen LogP contribution in [-0.4, -0.2) is 9.97 Å². The van der Waals surface area contributed by atoms with Crippen molar-refractivity contribution in [1.29, 1.82) is 0 Å². The van der Waals surface area contributed by atoms with Gasteiger partial charge in [-0.2, -0.15) is 0 Å². The molecule has 0 unspecified atom stereocenters. The van der Waals surface area contributed by atoms with Crippen LogP contribution in [-0.2, 0) is 0 Å². The molecule has 1 aromatic heterocycles. The Hall–Kier alpha value is -1.52. The molecule has 2 aromatic carbocycles. The molecule has 90 valence electrons. The molecule has 0 saturated heterocycles. The van der Waals surface area contributed by atoms with E-state index < -0.39 is 0 Å². The van der Waals surface area contributed by atoms with Gasteiger partial charge in [-0.3, -0.25) is 0 Å². The molecular weight excluding hydrogens is 314 g/mol. The summed E-state index contributed by atoms with van der Waals surface area (Å²) < 4.78 is 0.864. The highest BCUT2D eigenvalue weighted by atomic mass is 79.9. The normalized spacial score (nSPS) is 11.0. The number of para-hydroxylation sites is 1. The summed E-state index contributed by atoms with van der Waals surface area (Å²) in [5.41, 5.74) is 9.18. The van der Waals surface area contributed by atoms with Crippen LogP contribution in [0.25, 0.3) is 22.4 Å². The summed E-state index contributed by atoms with van der Waals surface area (Å²) in [6.07, 6.45) is 0. The number of rotatable bonds is 1. The van der Waals surface area contributed by atoms with E-state index in [2.05, 4.69) is 25.9 Å². The van der Waals surface area contributed by atoms with Gasteiger partial charge in [0, 0.05) is 10.0 Å². The molecule has 0 bridgehead atoms. The highest BCUT2D eigenvalue weighted by Crippen LogP contribution is 2.29. The molecule has 18 heavy (non-hydrogen) atoms. The Morgan fingerprint density at radius 2 is 2.06 bits per heavy atom. The third-order valence-electron chi connectivity index (χ3n) is 2.74. The van der Waals surface area contributed by atoms with Crippen LogP contribution in [0.15, 0.2) is 40.9 Å². The Morgan fingerprint density at radius 1 is 1.22 bits per heavy atom. The van der Waals surface area contributed by atoms with Gasteiger partial charge in [0.2, 0.25) is 0 Å². The summed E-state index contributed by atoms with van der Waals surface area (Å²) >= 11 is 9.45. The summed E-state index contributed by atoms with van der Waals surface area (Å²) in [5, 5.41) is 0.654. The number of aromatic nitrogens is 2. The molecule has 3 aromatic rings. The standard InChI is InChI=1S/C13H9BrClN3/c14-8-5-4-7(6-9(8)15)13-17-11-3-1-2-10(16)12(11)18-13/h1-6H,16H2,(H,17,18). The van der Waals surface area contributed by atoms with Crippen molar-refractivity contribution in [3.8, 4) is 11.4 Å². The second kappa shape index (κ2) is 4.30. The lowest BCUT2D eigenvalue weighted by molar-refractivity contribution is 1.33. The molecule has 3 nitrogen and oxygen atoms in total. The highest BCUT2D eigenvalue weighted by molar-refractivity contribution is 9.10. The minimum Gasteiger partial charge on any atom is -0.397 e. The second-order valence-electron chi connectivity index (χ2n) is 3.96. The molecule has 0 radical (unpaired) electrons. The van der Waals surface area contributed by atoms with E-state index in [1.807, 2.05) is 36.4 Å². The van der Waals surface area contributed by atoms with E-state index in [-0.39, 0.29) is 0 Å². The Morgan fingerprint density at radius 3 is 2.78 bits per heavy atom. The van der Waals surface area contributed by atoms with E-state index in [4.69, 9.17) is 17.3 Å². The third-order valence-corrected chi connectivity index (χ3v) is 3.97. The van der Waals surface area contributed by atoms with Crippen LogP contribution in [0.2, 0.25) is 5.02 Å². The number of fused-ring (bicyclic) bond motifs is 1. The van der Waals surface area contributed by atoms with Gasteiger partial charge in [0.25, 0.3) is 0 Å². The lowest BCUT2D eigenvalue weighted by Crippen LogP contribution is -1.85. The summed E-state index contributed by atoms with van der Waals surface area (Å²) in [7, 11) is 0. The molecular formula is C13H9BrClN3. The SMILES string of the molecule is Nc1cccc2[nH]c(-c3ccc(Br)c(Cl)c3)nc12. The maximum Gasteiger partial charge on any atom is 0.138 e. The van der Waals surface area contributed by atoms with Gasteiger partial charge in [-0.25, -0.2) is 4.98 Å². The fourth-order valence-corrected chi connectivity index (χ4v) is 2.26. The van der Waals surface area contributed by atoms with Crippen molar-refractivity contribution < 1.29 is 0 Å². The minimum absolute atomic E-state index is 0.654. The fourth-order valence-electron chi connectivity index (χ4n) is 1.83. The molecule has 0 spiro atoms. The van der Waals surface area contributed by atoms with E-state index >= 15 is 0 Å². The van der Waals surface area contributed by atoms with E-state index in [9.17, 15) is 0 Å². The zero-order chi connectivity index (χ0) is 12.7. The summed E-state index contributed by atoms with van der Waals surface area (Å²) in [6, 6.07) is 11.4. The Kier molecular flexibility index (Phi) is 2.76. The fraction of sp³-hybridized carbons (Fsp3) is 0. The maximum absolute atomic E-state index is 6.08. The number of anilines is 1. The number of nitrogens with zero attached hydrogens (tertiary/aromatic N) is 1. The number of hydrogen-bond donors (Lipinski definition) is 2. The number of H-pyrrole nitrogens is 1. The molecule has 1 heterocycles. The van der Waals surface area contributed by atoms with Crippen LogP contribution < -0.4 is 5.73 Å². The Balaban J connectivity index is 2.19. The van der Waals surface area contributed by atoms with E-state index in [0.29, 0.717) is 10.7 Å². The third kappa shape index (κ3) is 1.87. The van der Waals surface area contributed by atoms with Gasteiger partial charge in [-0.1, -0.05) is 23.7 Å². The highest BCUT2D eigenvalue weighted by Gasteiger charge is 2.08. The van der Waals surface area contributed by atoms with E-state index in [0.717, 1.165) is 26.9 Å². The van der Waals surface area contributed by atoms with Crippen molar-refractivity contribution >= 4 is 44.3 Å². The van der Waals surface area contributed by atoms with Gasteiger partial charge in [-0.15, -0.1) is 0 Å². The topological polar surface area (TPSA) is 54.7 Å². The lowest BCUT2D eigenvalue weighted by Gasteiger charge is -1.99. The van der Waals surface area contributed by atoms with Crippen LogP contribution >= 0.6 is 27.5 Å². The number of benzene rings is 2. The van der Waals surface area contributed by atoms with Crippen LogP contribution in [0.3, 0.4) is 0 Å². The van der Waals surface area contributed by atoms with Crippen molar-refractivity contribution in [2.24, 2.45) is 0 Å². The van der Waals surface area contributed by atoms with Gasteiger partial charge in [0.15, 0.2) is 0 Å². The van der Waals surface area contributed by atoms with Gasteiger partial charge in [0.1, 0.15) is 11.3 Å². The van der Waals surface area contributed by atoms with Gasteiger partial charge in [-0.05, 0) is 40.2 Å². The molecule has 3 rings (SSSR count). The molecule has 0 aliphatic heterocycles. The molecule has 0 aliphatic rings. The van der Waals surface area contributed by atoms with Crippen LogP contribution in [0.5, 0.6) is 0 Å². The number of hydrogen-bond acceptors (Lipinski definition) is 2. The largest absolute Gasteiger partial charge is 0.397 e. The number of nitrogens with one attached hydrogen (secondary N) is 1. The molecule has 0 aliphatic carbocycles. The first-order valence-corrected chi connectivity index (χ1v) is 6.52. The number of aromatic amines is 1. The maximum atomic E-state index is 6.08. The number of imidazole rings is 1.